The maximum absolute atomic E-state index is 13.7. The highest BCUT2D eigenvalue weighted by Gasteiger charge is 2.24. The molecule has 8 nitrogen and oxygen atoms in total. The predicted molar refractivity (Wildman–Crippen MR) is 168 cm³/mol. The van der Waals surface area contributed by atoms with Gasteiger partial charge in [0.1, 0.15) is 0 Å². The number of pyridine rings is 1. The van der Waals surface area contributed by atoms with E-state index >= 15 is 0 Å². The zero-order valence-corrected chi connectivity index (χ0v) is 24.7. The molecule has 42 heavy (non-hydrogen) atoms. The first-order valence-electron chi connectivity index (χ1n) is 13.6. The lowest BCUT2D eigenvalue weighted by molar-refractivity contribution is -0.123. The van der Waals surface area contributed by atoms with Crippen molar-refractivity contribution in [2.24, 2.45) is 16.6 Å². The van der Waals surface area contributed by atoms with Crippen molar-refractivity contribution in [3.05, 3.63) is 117 Å². The summed E-state index contributed by atoms with van der Waals surface area (Å²) in [7, 11) is 1.64. The van der Waals surface area contributed by atoms with E-state index in [1.807, 2.05) is 43.3 Å². The van der Waals surface area contributed by atoms with Gasteiger partial charge in [0.05, 0.1) is 35.2 Å². The number of rotatable bonds is 3. The number of nitrogens with zero attached hydrogens (tertiary/aromatic N) is 4. The number of allylic oxidation sites excluding steroid dienone is 1. The predicted octanol–water partition coefficient (Wildman–Crippen LogP) is 6.02. The van der Waals surface area contributed by atoms with Crippen LogP contribution in [0.1, 0.15) is 43.5 Å². The van der Waals surface area contributed by atoms with E-state index in [4.69, 9.17) is 33.9 Å². The molecule has 3 heterocycles. The summed E-state index contributed by atoms with van der Waals surface area (Å²) < 4.78 is 1.59. The monoisotopic (exact) mass is 600 g/mol. The van der Waals surface area contributed by atoms with Crippen molar-refractivity contribution in [2.45, 2.75) is 32.2 Å². The molecular formula is C32H30Cl2N6O2. The van der Waals surface area contributed by atoms with Crippen molar-refractivity contribution >= 4 is 34.8 Å². The first-order valence-corrected chi connectivity index (χ1v) is 14.4. The van der Waals surface area contributed by atoms with E-state index in [1.165, 1.54) is 12.3 Å². The normalized spacial score (nSPS) is 19.7. The fourth-order valence-electron chi connectivity index (χ4n) is 5.23. The van der Waals surface area contributed by atoms with Crippen LogP contribution >= 0.6 is 23.2 Å². The third-order valence-electron chi connectivity index (χ3n) is 7.45. The minimum absolute atomic E-state index is 0.140. The van der Waals surface area contributed by atoms with E-state index in [2.05, 4.69) is 15.3 Å². The summed E-state index contributed by atoms with van der Waals surface area (Å²) >= 11 is 12.9. The quantitative estimate of drug-likeness (QED) is 0.298. The zero-order valence-electron chi connectivity index (χ0n) is 23.2. The lowest BCUT2D eigenvalue weighted by Gasteiger charge is -2.23. The number of aliphatic imine (C=N–C) groups is 1. The van der Waals surface area contributed by atoms with E-state index in [0.717, 1.165) is 16.7 Å². The van der Waals surface area contributed by atoms with Crippen molar-refractivity contribution in [1.29, 1.82) is 0 Å². The topological polar surface area (TPSA) is 115 Å². The first-order chi connectivity index (χ1) is 20.3. The molecule has 2 unspecified atom stereocenters. The average Bonchev–Trinajstić information content (AvgIpc) is 2.99. The molecule has 1 amide bonds. The first kappa shape index (κ1) is 29.2. The van der Waals surface area contributed by atoms with Gasteiger partial charge < -0.3 is 11.1 Å². The van der Waals surface area contributed by atoms with Crippen LogP contribution in [0, 0.1) is 5.92 Å². The Hall–Kier alpha value is -4.27. The number of aromatic nitrogens is 3. The molecule has 1 aliphatic heterocycles. The van der Waals surface area contributed by atoms with Crippen LogP contribution in [-0.4, -0.2) is 33.2 Å². The van der Waals surface area contributed by atoms with Gasteiger partial charge >= 0.3 is 0 Å². The van der Waals surface area contributed by atoms with Gasteiger partial charge in [0.2, 0.25) is 5.91 Å². The summed E-state index contributed by atoms with van der Waals surface area (Å²) in [5.74, 6) is -0.411. The lowest BCUT2D eigenvalue weighted by atomic mass is 9.96. The van der Waals surface area contributed by atoms with Crippen molar-refractivity contribution in [1.82, 2.24) is 19.9 Å². The van der Waals surface area contributed by atoms with E-state index in [0.29, 0.717) is 57.7 Å². The highest BCUT2D eigenvalue weighted by molar-refractivity contribution is 6.34. The number of halogens is 2. The number of benzene rings is 2. The van der Waals surface area contributed by atoms with Crippen LogP contribution in [0.5, 0.6) is 0 Å². The third-order valence-corrected chi connectivity index (χ3v) is 8.02. The highest BCUT2D eigenvalue weighted by Crippen LogP contribution is 2.36. The second kappa shape index (κ2) is 12.7. The molecule has 4 aromatic rings. The Morgan fingerprint density at radius 3 is 2.55 bits per heavy atom. The van der Waals surface area contributed by atoms with Crippen LogP contribution in [0.3, 0.4) is 0 Å². The lowest BCUT2D eigenvalue weighted by Crippen LogP contribution is -2.33. The molecule has 3 N–H and O–H groups in total. The number of hydrogen-bond acceptors (Lipinski definition) is 6. The molecule has 2 bridgehead atoms. The number of nitrogens with one attached hydrogen (secondary N) is 1. The summed E-state index contributed by atoms with van der Waals surface area (Å²) in [5.41, 5.74) is 10.8. The number of carbonyl (C=O) groups excluding carboxylic acids is 1. The molecule has 0 radical (unpaired) electrons. The van der Waals surface area contributed by atoms with Gasteiger partial charge in [0.15, 0.2) is 0 Å². The van der Waals surface area contributed by atoms with Gasteiger partial charge in [-0.1, -0.05) is 60.8 Å². The Balaban J connectivity index is 1.60. The SMILES string of the molecule is CN=C1C(=CN)NC(=O)C(C)CCCC(n2cnc(-c3cc(Cl)ccc3-c3ccccc3Cl)cc2=O)c2cc1ccn2. The summed E-state index contributed by atoms with van der Waals surface area (Å²) in [5, 5.41) is 4.01. The van der Waals surface area contributed by atoms with Crippen LogP contribution in [0.2, 0.25) is 10.0 Å². The summed E-state index contributed by atoms with van der Waals surface area (Å²) in [6.45, 7) is 1.87. The second-order valence-corrected chi connectivity index (χ2v) is 11.0. The van der Waals surface area contributed by atoms with Crippen LogP contribution < -0.4 is 16.6 Å². The Morgan fingerprint density at radius 1 is 1.00 bits per heavy atom. The molecule has 2 atom stereocenters. The molecule has 1 aliphatic rings. The molecule has 2 aromatic carbocycles. The van der Waals surface area contributed by atoms with E-state index in [-0.39, 0.29) is 17.4 Å². The molecule has 2 aromatic heterocycles. The number of fused-ring (bicyclic) bond motifs is 2. The smallest absolute Gasteiger partial charge is 0.254 e. The van der Waals surface area contributed by atoms with Gasteiger partial charge in [0.25, 0.3) is 5.56 Å². The van der Waals surface area contributed by atoms with Gasteiger partial charge in [-0.2, -0.15) is 0 Å². The van der Waals surface area contributed by atoms with E-state index in [9.17, 15) is 9.59 Å². The van der Waals surface area contributed by atoms with E-state index < -0.39 is 6.04 Å². The van der Waals surface area contributed by atoms with Crippen molar-refractivity contribution < 1.29 is 4.79 Å². The minimum atomic E-state index is -0.417. The third kappa shape index (κ3) is 6.00. The van der Waals surface area contributed by atoms with Crippen molar-refractivity contribution in [3.8, 4) is 22.4 Å². The van der Waals surface area contributed by atoms with Crippen LogP contribution in [0.4, 0.5) is 0 Å². The Kier molecular flexibility index (Phi) is 8.85. The molecule has 5 rings (SSSR count). The van der Waals surface area contributed by atoms with Gasteiger partial charge in [-0.3, -0.25) is 24.1 Å². The Bertz CT molecular complexity index is 1760. The van der Waals surface area contributed by atoms with Crippen molar-refractivity contribution in [2.75, 3.05) is 7.05 Å². The van der Waals surface area contributed by atoms with Crippen LogP contribution in [-0.2, 0) is 4.79 Å². The highest BCUT2D eigenvalue weighted by atomic mass is 35.5. The molecule has 0 aliphatic carbocycles. The molecular weight excluding hydrogens is 571 g/mol. The zero-order chi connectivity index (χ0) is 29.8. The fourth-order valence-corrected chi connectivity index (χ4v) is 5.64. The molecule has 0 spiro atoms. The maximum atomic E-state index is 13.7. The summed E-state index contributed by atoms with van der Waals surface area (Å²) in [4.78, 5) is 40.4. The summed E-state index contributed by atoms with van der Waals surface area (Å²) in [6.07, 6.45) is 6.44. The van der Waals surface area contributed by atoms with Crippen LogP contribution in [0.15, 0.2) is 94.9 Å². The van der Waals surface area contributed by atoms with Gasteiger partial charge in [-0.05, 0) is 48.7 Å². The average molecular weight is 602 g/mol. The fraction of sp³-hybridized carbons (Fsp3) is 0.219. The Labute approximate surface area is 254 Å². The van der Waals surface area contributed by atoms with E-state index in [1.54, 1.807) is 42.3 Å². The minimum Gasteiger partial charge on any atom is -0.403 e. The number of hydrogen-bond donors (Lipinski definition) is 2. The largest absolute Gasteiger partial charge is 0.403 e. The second-order valence-electron chi connectivity index (χ2n) is 10.1. The van der Waals surface area contributed by atoms with Gasteiger partial charge in [-0.15, -0.1) is 0 Å². The number of amides is 1. The summed E-state index contributed by atoms with van der Waals surface area (Å²) in [6, 6.07) is 17.7. The number of nitrogens with two attached hydrogens (primary N) is 1. The van der Waals surface area contributed by atoms with Crippen LogP contribution in [0.25, 0.3) is 22.4 Å². The number of carbonyl (C=O) groups is 1. The standard InChI is InChI=1S/C32H30Cl2N6O2/c1-19-6-5-9-29(27-14-20(12-13-37-27)31(36-2)28(17-35)39-32(19)42)40-18-38-26(16-30(40)41)24-15-21(33)10-11-22(24)23-7-3-4-8-25(23)34/h3-4,7-8,10-19,29H,5-6,9,35H2,1-2H3,(H,39,42). The van der Waals surface area contributed by atoms with Gasteiger partial charge in [0, 0.05) is 58.2 Å². The van der Waals surface area contributed by atoms with Crippen molar-refractivity contribution in [3.63, 3.8) is 0 Å². The van der Waals surface area contributed by atoms with Gasteiger partial charge in [-0.25, -0.2) is 4.98 Å². The molecule has 214 valence electrons. The Morgan fingerprint density at radius 2 is 1.81 bits per heavy atom. The molecule has 0 fully saturated rings. The molecule has 10 heteroatoms. The molecule has 0 saturated carbocycles. The molecule has 0 saturated heterocycles. The maximum Gasteiger partial charge on any atom is 0.254 e.